The molecule has 1 saturated heterocycles. The lowest BCUT2D eigenvalue weighted by molar-refractivity contribution is -0.131. The van der Waals surface area contributed by atoms with Crippen LogP contribution >= 0.6 is 0 Å². The summed E-state index contributed by atoms with van der Waals surface area (Å²) in [5.74, 6) is -0.981. The van der Waals surface area contributed by atoms with Gasteiger partial charge in [-0.1, -0.05) is 6.58 Å². The van der Waals surface area contributed by atoms with Crippen LogP contribution in [0.15, 0.2) is 12.7 Å². The van der Waals surface area contributed by atoms with Crippen molar-refractivity contribution >= 4 is 5.97 Å². The molecular weight excluding hydrogens is 156 g/mol. The first-order valence-corrected chi connectivity index (χ1v) is 4.13. The molecule has 1 atom stereocenters. The Balaban J connectivity index is 0.000000217. The molecule has 1 aliphatic rings. The number of carboxylic acids is 1. The molecule has 1 rings (SSSR count). The molecule has 1 heterocycles. The number of hydrogen-bond donors (Lipinski definition) is 1. The second-order valence-electron chi connectivity index (χ2n) is 2.72. The first-order chi connectivity index (χ1) is 5.66. The predicted molar refractivity (Wildman–Crippen MR) is 47.1 cm³/mol. The van der Waals surface area contributed by atoms with Gasteiger partial charge in [-0.05, 0) is 26.2 Å². The highest BCUT2D eigenvalue weighted by molar-refractivity contribution is 5.78. The Morgan fingerprint density at radius 1 is 1.67 bits per heavy atom. The average Bonchev–Trinajstić information content (AvgIpc) is 2.07. The first kappa shape index (κ1) is 11.2. The highest BCUT2D eigenvalue weighted by Crippen LogP contribution is 2.10. The molecule has 1 fully saturated rings. The highest BCUT2D eigenvalue weighted by Gasteiger charge is 2.05. The van der Waals surface area contributed by atoms with Crippen LogP contribution in [-0.2, 0) is 9.53 Å². The average molecular weight is 172 g/mol. The lowest BCUT2D eigenvalue weighted by atomic mass is 10.1. The Morgan fingerprint density at radius 2 is 2.25 bits per heavy atom. The largest absolute Gasteiger partial charge is 0.478 e. The number of rotatable bonds is 1. The molecule has 0 aromatic rings. The molecule has 0 amide bonds. The summed E-state index contributed by atoms with van der Waals surface area (Å²) in [6.45, 7) is 6.09. The van der Waals surface area contributed by atoms with E-state index in [9.17, 15) is 4.79 Å². The Morgan fingerprint density at radius 3 is 2.42 bits per heavy atom. The van der Waals surface area contributed by atoms with Crippen molar-refractivity contribution in [2.24, 2.45) is 0 Å². The molecule has 0 aromatic heterocycles. The highest BCUT2D eigenvalue weighted by atomic mass is 16.5. The van der Waals surface area contributed by atoms with Crippen molar-refractivity contribution in [3.8, 4) is 0 Å². The van der Waals surface area contributed by atoms with E-state index in [2.05, 4.69) is 13.5 Å². The van der Waals surface area contributed by atoms with Crippen molar-refractivity contribution in [3.63, 3.8) is 0 Å². The Hall–Kier alpha value is -0.830. The van der Waals surface area contributed by atoms with Crippen LogP contribution in [-0.4, -0.2) is 23.8 Å². The van der Waals surface area contributed by atoms with Gasteiger partial charge in [0.1, 0.15) is 0 Å². The third-order valence-corrected chi connectivity index (χ3v) is 1.58. The van der Waals surface area contributed by atoms with Gasteiger partial charge >= 0.3 is 5.97 Å². The zero-order valence-electron chi connectivity index (χ0n) is 7.45. The van der Waals surface area contributed by atoms with Gasteiger partial charge in [-0.2, -0.15) is 0 Å². The molecule has 1 aliphatic heterocycles. The van der Waals surface area contributed by atoms with E-state index in [0.717, 1.165) is 12.7 Å². The minimum atomic E-state index is -0.981. The molecule has 0 aliphatic carbocycles. The molecule has 1 unspecified atom stereocenters. The van der Waals surface area contributed by atoms with E-state index in [1.165, 1.54) is 19.3 Å². The van der Waals surface area contributed by atoms with E-state index in [1.807, 2.05) is 0 Å². The van der Waals surface area contributed by atoms with E-state index in [1.54, 1.807) is 0 Å². The van der Waals surface area contributed by atoms with Crippen LogP contribution in [0.4, 0.5) is 0 Å². The van der Waals surface area contributed by atoms with Gasteiger partial charge in [-0.3, -0.25) is 0 Å². The van der Waals surface area contributed by atoms with Gasteiger partial charge in [0, 0.05) is 12.7 Å². The van der Waals surface area contributed by atoms with Crippen LogP contribution in [0, 0.1) is 0 Å². The zero-order valence-corrected chi connectivity index (χ0v) is 7.45. The fourth-order valence-electron chi connectivity index (χ4n) is 0.902. The molecule has 0 aromatic carbocycles. The van der Waals surface area contributed by atoms with Crippen molar-refractivity contribution in [1.82, 2.24) is 0 Å². The second-order valence-corrected chi connectivity index (χ2v) is 2.72. The summed E-state index contributed by atoms with van der Waals surface area (Å²) in [5.41, 5.74) is 0. The van der Waals surface area contributed by atoms with Gasteiger partial charge in [0.2, 0.25) is 0 Å². The summed E-state index contributed by atoms with van der Waals surface area (Å²) in [6.07, 6.45) is 5.26. The maximum Gasteiger partial charge on any atom is 0.327 e. The van der Waals surface area contributed by atoms with Gasteiger partial charge < -0.3 is 9.84 Å². The van der Waals surface area contributed by atoms with Crippen molar-refractivity contribution in [3.05, 3.63) is 12.7 Å². The lowest BCUT2D eigenvalue weighted by Crippen LogP contribution is -2.14. The molecule has 0 saturated carbocycles. The van der Waals surface area contributed by atoms with Crippen molar-refractivity contribution in [2.45, 2.75) is 32.3 Å². The molecule has 3 nitrogen and oxygen atoms in total. The van der Waals surface area contributed by atoms with Crippen LogP contribution in [0.25, 0.3) is 0 Å². The standard InChI is InChI=1S/C6H12O.C3H4O2/c1-6-4-2-3-5-7-6;1-2-3(4)5/h6H,2-5H2,1H3;2H,1H2,(H,4,5). The molecule has 70 valence electrons. The Kier molecular flexibility index (Phi) is 6.38. The Labute approximate surface area is 73.0 Å². The topological polar surface area (TPSA) is 46.5 Å². The molecule has 0 spiro atoms. The third kappa shape index (κ3) is 7.28. The number of hydrogen-bond acceptors (Lipinski definition) is 2. The van der Waals surface area contributed by atoms with Gasteiger partial charge in [0.25, 0.3) is 0 Å². The van der Waals surface area contributed by atoms with Gasteiger partial charge in [0.05, 0.1) is 6.10 Å². The molecular formula is C9H16O3. The fourth-order valence-corrected chi connectivity index (χ4v) is 0.902. The van der Waals surface area contributed by atoms with Crippen LogP contribution in [0.2, 0.25) is 0 Å². The van der Waals surface area contributed by atoms with E-state index in [4.69, 9.17) is 9.84 Å². The number of carboxylic acid groups (broad SMARTS) is 1. The zero-order chi connectivity index (χ0) is 9.40. The van der Waals surface area contributed by atoms with Gasteiger partial charge in [-0.25, -0.2) is 4.79 Å². The third-order valence-electron chi connectivity index (χ3n) is 1.58. The van der Waals surface area contributed by atoms with E-state index >= 15 is 0 Å². The Bertz CT molecular complexity index is 137. The summed E-state index contributed by atoms with van der Waals surface area (Å²) >= 11 is 0. The summed E-state index contributed by atoms with van der Waals surface area (Å²) in [7, 11) is 0. The SMILES string of the molecule is C=CC(=O)O.CC1CCCCO1. The summed E-state index contributed by atoms with van der Waals surface area (Å²) in [5, 5.41) is 7.60. The molecule has 0 bridgehead atoms. The lowest BCUT2D eigenvalue weighted by Gasteiger charge is -2.17. The van der Waals surface area contributed by atoms with Crippen molar-refractivity contribution in [1.29, 1.82) is 0 Å². The van der Waals surface area contributed by atoms with E-state index in [-0.39, 0.29) is 0 Å². The van der Waals surface area contributed by atoms with Crippen LogP contribution in [0.5, 0.6) is 0 Å². The molecule has 0 radical (unpaired) electrons. The summed E-state index contributed by atoms with van der Waals surface area (Å²) < 4.78 is 5.28. The molecule has 12 heavy (non-hydrogen) atoms. The van der Waals surface area contributed by atoms with Crippen LogP contribution in [0.1, 0.15) is 26.2 Å². The van der Waals surface area contributed by atoms with E-state index in [0.29, 0.717) is 6.10 Å². The minimum absolute atomic E-state index is 0.536. The van der Waals surface area contributed by atoms with Gasteiger partial charge in [-0.15, -0.1) is 0 Å². The number of aliphatic carboxylic acids is 1. The van der Waals surface area contributed by atoms with Crippen molar-refractivity contribution < 1.29 is 14.6 Å². The normalized spacial score (nSPS) is 21.9. The number of carbonyl (C=O) groups is 1. The fraction of sp³-hybridized carbons (Fsp3) is 0.667. The van der Waals surface area contributed by atoms with Crippen LogP contribution in [0.3, 0.4) is 0 Å². The molecule has 3 heteroatoms. The van der Waals surface area contributed by atoms with Crippen molar-refractivity contribution in [2.75, 3.05) is 6.61 Å². The summed E-state index contributed by atoms with van der Waals surface area (Å²) in [4.78, 5) is 9.25. The smallest absolute Gasteiger partial charge is 0.327 e. The monoisotopic (exact) mass is 172 g/mol. The maximum atomic E-state index is 9.25. The van der Waals surface area contributed by atoms with E-state index < -0.39 is 5.97 Å². The van der Waals surface area contributed by atoms with Crippen LogP contribution < -0.4 is 0 Å². The number of ether oxygens (including phenoxy) is 1. The quantitative estimate of drug-likeness (QED) is 0.614. The first-order valence-electron chi connectivity index (χ1n) is 4.13. The second kappa shape index (κ2) is 6.85. The molecule has 1 N–H and O–H groups in total. The maximum absolute atomic E-state index is 9.25. The van der Waals surface area contributed by atoms with Gasteiger partial charge in [0.15, 0.2) is 0 Å². The summed E-state index contributed by atoms with van der Waals surface area (Å²) in [6, 6.07) is 0. The minimum Gasteiger partial charge on any atom is -0.478 e. The predicted octanol–water partition coefficient (Wildman–Crippen LogP) is 1.83.